The molecule has 1 fully saturated rings. The van der Waals surface area contributed by atoms with Crippen LogP contribution in [0.2, 0.25) is 0 Å². The molecule has 2 heterocycles. The third-order valence-electron chi connectivity index (χ3n) is 4.78. The zero-order chi connectivity index (χ0) is 17.8. The third-order valence-corrected chi connectivity index (χ3v) is 4.78. The Morgan fingerprint density at radius 1 is 1.11 bits per heavy atom. The van der Waals surface area contributed by atoms with Crippen LogP contribution >= 0.6 is 12.4 Å². The van der Waals surface area contributed by atoms with Gasteiger partial charge in [-0.25, -0.2) is 0 Å². The maximum Gasteiger partial charge on any atom is 0.230 e. The lowest BCUT2D eigenvalue weighted by Gasteiger charge is -2.25. The van der Waals surface area contributed by atoms with Crippen LogP contribution in [0.25, 0.3) is 11.4 Å². The van der Waals surface area contributed by atoms with E-state index in [9.17, 15) is 0 Å². The SMILES string of the molecule is C[C@H]1C[C@@H](c2nc(-c3ccccc3OCc3ccccc3)no2)CCN1.Cl. The van der Waals surface area contributed by atoms with Crippen LogP contribution in [0.1, 0.15) is 37.1 Å². The minimum Gasteiger partial charge on any atom is -0.488 e. The average molecular weight is 386 g/mol. The number of halogens is 1. The van der Waals surface area contributed by atoms with Gasteiger partial charge in [-0.3, -0.25) is 0 Å². The van der Waals surface area contributed by atoms with Gasteiger partial charge in [0.2, 0.25) is 11.7 Å². The Bertz CT molecular complexity index is 853. The molecular weight excluding hydrogens is 362 g/mol. The molecule has 0 aliphatic carbocycles. The lowest BCUT2D eigenvalue weighted by molar-refractivity contribution is 0.295. The second kappa shape index (κ2) is 9.02. The second-order valence-electron chi connectivity index (χ2n) is 6.80. The van der Waals surface area contributed by atoms with E-state index >= 15 is 0 Å². The van der Waals surface area contributed by atoms with E-state index < -0.39 is 0 Å². The molecule has 1 N–H and O–H groups in total. The van der Waals surface area contributed by atoms with Gasteiger partial charge in [0.15, 0.2) is 0 Å². The van der Waals surface area contributed by atoms with E-state index in [-0.39, 0.29) is 12.4 Å². The van der Waals surface area contributed by atoms with Crippen LogP contribution in [-0.2, 0) is 6.61 Å². The van der Waals surface area contributed by atoms with Gasteiger partial charge in [0, 0.05) is 12.0 Å². The Balaban J connectivity index is 0.00000210. The van der Waals surface area contributed by atoms with E-state index in [1.807, 2.05) is 54.6 Å². The first-order valence-corrected chi connectivity index (χ1v) is 9.12. The first-order chi connectivity index (χ1) is 12.8. The highest BCUT2D eigenvalue weighted by Crippen LogP contribution is 2.32. The van der Waals surface area contributed by atoms with Crippen LogP contribution in [0.3, 0.4) is 0 Å². The van der Waals surface area contributed by atoms with Crippen molar-refractivity contribution < 1.29 is 9.26 Å². The highest BCUT2D eigenvalue weighted by Gasteiger charge is 2.25. The molecular formula is C21H24ClN3O2. The fourth-order valence-corrected chi connectivity index (χ4v) is 3.38. The Labute approximate surface area is 165 Å². The quantitative estimate of drug-likeness (QED) is 0.695. The van der Waals surface area contributed by atoms with Crippen molar-refractivity contribution in [2.75, 3.05) is 6.54 Å². The number of benzene rings is 2. The number of nitrogens with one attached hydrogen (secondary N) is 1. The van der Waals surface area contributed by atoms with Crippen molar-refractivity contribution in [3.63, 3.8) is 0 Å². The maximum atomic E-state index is 6.02. The number of para-hydroxylation sites is 1. The highest BCUT2D eigenvalue weighted by atomic mass is 35.5. The molecule has 0 saturated carbocycles. The summed E-state index contributed by atoms with van der Waals surface area (Å²) in [6.07, 6.45) is 2.05. The minimum absolute atomic E-state index is 0. The lowest BCUT2D eigenvalue weighted by Crippen LogP contribution is -2.34. The average Bonchev–Trinajstić information content (AvgIpc) is 3.17. The predicted octanol–water partition coefficient (Wildman–Crippen LogP) is 4.59. The topological polar surface area (TPSA) is 60.2 Å². The Morgan fingerprint density at radius 3 is 2.70 bits per heavy atom. The van der Waals surface area contributed by atoms with E-state index in [1.165, 1.54) is 0 Å². The molecule has 1 aliphatic heterocycles. The van der Waals surface area contributed by atoms with Crippen molar-refractivity contribution in [3.05, 3.63) is 66.1 Å². The van der Waals surface area contributed by atoms with Crippen molar-refractivity contribution in [1.29, 1.82) is 0 Å². The fourth-order valence-electron chi connectivity index (χ4n) is 3.38. The molecule has 3 aromatic rings. The number of hydrogen-bond donors (Lipinski definition) is 1. The number of ether oxygens (including phenoxy) is 1. The third kappa shape index (κ3) is 4.67. The molecule has 1 aromatic heterocycles. The first kappa shape index (κ1) is 19.4. The van der Waals surface area contributed by atoms with Gasteiger partial charge in [0.25, 0.3) is 0 Å². The molecule has 6 heteroatoms. The Hall–Kier alpha value is -2.37. The number of rotatable bonds is 5. The maximum absolute atomic E-state index is 6.02. The molecule has 0 radical (unpaired) electrons. The summed E-state index contributed by atoms with van der Waals surface area (Å²) < 4.78 is 11.6. The Kier molecular flexibility index (Phi) is 6.48. The zero-order valence-electron chi connectivity index (χ0n) is 15.3. The van der Waals surface area contributed by atoms with Crippen molar-refractivity contribution >= 4 is 12.4 Å². The van der Waals surface area contributed by atoms with Crippen molar-refractivity contribution in [1.82, 2.24) is 15.5 Å². The van der Waals surface area contributed by atoms with E-state index in [0.29, 0.717) is 24.4 Å². The summed E-state index contributed by atoms with van der Waals surface area (Å²) in [6.45, 7) is 3.69. The highest BCUT2D eigenvalue weighted by molar-refractivity contribution is 5.85. The van der Waals surface area contributed by atoms with Gasteiger partial charge < -0.3 is 14.6 Å². The van der Waals surface area contributed by atoms with Gasteiger partial charge in [-0.05, 0) is 44.0 Å². The van der Waals surface area contributed by atoms with Crippen LogP contribution in [0.5, 0.6) is 5.75 Å². The molecule has 2 atom stereocenters. The summed E-state index contributed by atoms with van der Waals surface area (Å²) in [5, 5.41) is 7.67. The summed E-state index contributed by atoms with van der Waals surface area (Å²) in [5.41, 5.74) is 1.99. The predicted molar refractivity (Wildman–Crippen MR) is 107 cm³/mol. The summed E-state index contributed by atoms with van der Waals surface area (Å²) in [7, 11) is 0. The van der Waals surface area contributed by atoms with Crippen LogP contribution in [0, 0.1) is 0 Å². The number of piperidine rings is 1. The normalized spacial score (nSPS) is 19.3. The molecule has 5 nitrogen and oxygen atoms in total. The van der Waals surface area contributed by atoms with E-state index in [2.05, 4.69) is 22.4 Å². The molecule has 0 bridgehead atoms. The molecule has 27 heavy (non-hydrogen) atoms. The molecule has 2 aromatic carbocycles. The summed E-state index contributed by atoms with van der Waals surface area (Å²) in [6, 6.07) is 18.4. The summed E-state index contributed by atoms with van der Waals surface area (Å²) >= 11 is 0. The molecule has 4 rings (SSSR count). The molecule has 0 spiro atoms. The Morgan fingerprint density at radius 2 is 1.89 bits per heavy atom. The van der Waals surface area contributed by atoms with Gasteiger partial charge in [-0.2, -0.15) is 4.98 Å². The fraction of sp³-hybridized carbons (Fsp3) is 0.333. The summed E-state index contributed by atoms with van der Waals surface area (Å²) in [5.74, 6) is 2.41. The molecule has 0 amide bonds. The van der Waals surface area contributed by atoms with E-state index in [4.69, 9.17) is 9.26 Å². The minimum atomic E-state index is 0. The summed E-state index contributed by atoms with van der Waals surface area (Å²) in [4.78, 5) is 4.67. The van der Waals surface area contributed by atoms with Crippen molar-refractivity contribution in [2.45, 2.75) is 38.3 Å². The second-order valence-corrected chi connectivity index (χ2v) is 6.80. The van der Waals surface area contributed by atoms with E-state index in [1.54, 1.807) is 0 Å². The van der Waals surface area contributed by atoms with E-state index in [0.717, 1.165) is 42.2 Å². The number of nitrogens with zero attached hydrogens (tertiary/aromatic N) is 2. The van der Waals surface area contributed by atoms with Crippen molar-refractivity contribution in [2.24, 2.45) is 0 Å². The molecule has 1 saturated heterocycles. The largest absolute Gasteiger partial charge is 0.488 e. The zero-order valence-corrected chi connectivity index (χ0v) is 16.1. The van der Waals surface area contributed by atoms with Crippen LogP contribution in [0.15, 0.2) is 59.1 Å². The first-order valence-electron chi connectivity index (χ1n) is 9.12. The lowest BCUT2D eigenvalue weighted by atomic mass is 9.93. The molecule has 142 valence electrons. The van der Waals surface area contributed by atoms with Gasteiger partial charge in [-0.15, -0.1) is 12.4 Å². The molecule has 1 aliphatic rings. The van der Waals surface area contributed by atoms with Crippen molar-refractivity contribution in [3.8, 4) is 17.1 Å². The monoisotopic (exact) mass is 385 g/mol. The van der Waals surface area contributed by atoms with Crippen LogP contribution in [0.4, 0.5) is 0 Å². The standard InChI is InChI=1S/C21H23N3O2.ClH/c1-15-13-17(11-12-22-15)21-23-20(24-26-21)18-9-5-6-10-19(18)25-14-16-7-3-2-4-8-16;/h2-10,15,17,22H,11-14H2,1H3;1H/t15-,17-;/m0./s1. The van der Waals surface area contributed by atoms with Gasteiger partial charge in [-0.1, -0.05) is 47.6 Å². The van der Waals surface area contributed by atoms with Gasteiger partial charge in [0.05, 0.1) is 5.56 Å². The number of hydrogen-bond acceptors (Lipinski definition) is 5. The van der Waals surface area contributed by atoms with Crippen LogP contribution < -0.4 is 10.1 Å². The van der Waals surface area contributed by atoms with Gasteiger partial charge in [0.1, 0.15) is 12.4 Å². The van der Waals surface area contributed by atoms with Gasteiger partial charge >= 0.3 is 0 Å². The molecule has 0 unspecified atom stereocenters. The number of aromatic nitrogens is 2. The van der Waals surface area contributed by atoms with Crippen LogP contribution in [-0.4, -0.2) is 22.7 Å². The smallest absolute Gasteiger partial charge is 0.230 e.